The summed E-state index contributed by atoms with van der Waals surface area (Å²) in [6.07, 6.45) is 6.65. The van der Waals surface area contributed by atoms with Crippen LogP contribution in [0.4, 0.5) is 0 Å². The van der Waals surface area contributed by atoms with E-state index in [0.29, 0.717) is 18.2 Å². The van der Waals surface area contributed by atoms with Gasteiger partial charge in [-0.15, -0.1) is 0 Å². The Morgan fingerprint density at radius 2 is 1.76 bits per heavy atom. The van der Waals surface area contributed by atoms with Crippen molar-refractivity contribution in [2.24, 2.45) is 0 Å². The average Bonchev–Trinajstić information content (AvgIpc) is 3.41. The number of carbonyl (C=O) groups is 1. The lowest BCUT2D eigenvalue weighted by Gasteiger charge is -2.42. The molecular weight excluding hydrogens is 474 g/mol. The molecule has 6 rings (SSSR count). The fourth-order valence-corrected chi connectivity index (χ4v) is 5.79. The van der Waals surface area contributed by atoms with Crippen LogP contribution in [0, 0.1) is 0 Å². The number of likely N-dealkylation sites (tertiary alicyclic amines) is 1. The van der Waals surface area contributed by atoms with Crippen molar-refractivity contribution < 1.29 is 4.79 Å². The van der Waals surface area contributed by atoms with E-state index in [-0.39, 0.29) is 5.91 Å². The minimum absolute atomic E-state index is 0.0922. The number of H-pyrrole nitrogens is 1. The molecule has 0 saturated carbocycles. The highest BCUT2D eigenvalue weighted by Gasteiger charge is 2.29. The molecule has 0 bridgehead atoms. The zero-order valence-electron chi connectivity index (χ0n) is 22.0. The van der Waals surface area contributed by atoms with Crippen molar-refractivity contribution in [1.82, 2.24) is 34.6 Å². The smallest absolute Gasteiger partial charge is 0.270 e. The summed E-state index contributed by atoms with van der Waals surface area (Å²) in [6, 6.07) is 16.6. The molecule has 0 atom stereocenters. The molecule has 4 aromatic rings. The molecule has 1 aromatic carbocycles. The number of pyridine rings is 1. The standard InChI is InChI=1S/C30H35N7O/c1-2-35-13-9-24(10-14-35)36-15-17-37(18-16-36)30(38)28-21-23-19-22(6-7-25(23)33-28)20-29-32-12-8-27(34-29)26-5-3-4-11-31-26/h3-8,11-12,19,21,24,33H,2,9-10,13-18,20H2,1H3. The number of fused-ring (bicyclic) bond motifs is 1. The molecule has 0 unspecified atom stereocenters. The molecule has 8 heteroatoms. The van der Waals surface area contributed by atoms with E-state index in [1.165, 1.54) is 25.9 Å². The molecule has 3 aromatic heterocycles. The van der Waals surface area contributed by atoms with Gasteiger partial charge in [-0.1, -0.05) is 19.1 Å². The lowest BCUT2D eigenvalue weighted by Crippen LogP contribution is -2.54. The summed E-state index contributed by atoms with van der Waals surface area (Å²) in [6.45, 7) is 9.28. The summed E-state index contributed by atoms with van der Waals surface area (Å²) in [5, 5.41) is 1.04. The minimum atomic E-state index is 0.0922. The summed E-state index contributed by atoms with van der Waals surface area (Å²) >= 11 is 0. The van der Waals surface area contributed by atoms with Crippen molar-refractivity contribution in [1.29, 1.82) is 0 Å². The quantitative estimate of drug-likeness (QED) is 0.425. The van der Waals surface area contributed by atoms with Gasteiger partial charge in [0.1, 0.15) is 11.5 Å². The first-order chi connectivity index (χ1) is 18.7. The topological polar surface area (TPSA) is 81.2 Å². The Kier molecular flexibility index (Phi) is 7.16. The van der Waals surface area contributed by atoms with Crippen molar-refractivity contribution >= 4 is 16.8 Å². The second-order valence-electron chi connectivity index (χ2n) is 10.3. The second-order valence-corrected chi connectivity index (χ2v) is 10.3. The van der Waals surface area contributed by atoms with Gasteiger partial charge in [0.2, 0.25) is 0 Å². The molecule has 1 amide bonds. The molecule has 2 aliphatic heterocycles. The predicted molar refractivity (Wildman–Crippen MR) is 149 cm³/mol. The number of amides is 1. The van der Waals surface area contributed by atoms with Gasteiger partial charge in [-0.05, 0) is 74.4 Å². The summed E-state index contributed by atoms with van der Waals surface area (Å²) < 4.78 is 0. The Morgan fingerprint density at radius 1 is 0.921 bits per heavy atom. The van der Waals surface area contributed by atoms with Crippen LogP contribution in [-0.4, -0.2) is 92.4 Å². The number of nitrogens with zero attached hydrogens (tertiary/aromatic N) is 6. The summed E-state index contributed by atoms with van der Waals surface area (Å²) in [5.74, 6) is 0.840. The SMILES string of the molecule is CCN1CCC(N2CCN(C(=O)c3cc4cc(Cc5nccc(-c6ccccn6)n5)ccc4[nH]3)CC2)CC1. The van der Waals surface area contributed by atoms with Gasteiger partial charge in [0.25, 0.3) is 5.91 Å². The fourth-order valence-electron chi connectivity index (χ4n) is 5.79. The third-order valence-electron chi connectivity index (χ3n) is 8.03. The van der Waals surface area contributed by atoms with E-state index >= 15 is 0 Å². The Hall–Kier alpha value is -3.62. The normalized spacial score (nSPS) is 17.8. The van der Waals surface area contributed by atoms with Crippen LogP contribution in [0.5, 0.6) is 0 Å². The minimum Gasteiger partial charge on any atom is -0.351 e. The Morgan fingerprint density at radius 3 is 2.53 bits per heavy atom. The first kappa shape index (κ1) is 24.7. The lowest BCUT2D eigenvalue weighted by atomic mass is 10.0. The molecule has 1 N–H and O–H groups in total. The maximum atomic E-state index is 13.3. The molecule has 196 valence electrons. The van der Waals surface area contributed by atoms with E-state index in [1.807, 2.05) is 41.3 Å². The van der Waals surface area contributed by atoms with E-state index < -0.39 is 0 Å². The third kappa shape index (κ3) is 5.33. The second kappa shape index (κ2) is 11.0. The van der Waals surface area contributed by atoms with E-state index in [1.54, 1.807) is 12.4 Å². The molecule has 2 aliphatic rings. The van der Waals surface area contributed by atoms with Crippen LogP contribution in [0.25, 0.3) is 22.3 Å². The van der Waals surface area contributed by atoms with Gasteiger partial charge >= 0.3 is 0 Å². The molecule has 5 heterocycles. The zero-order valence-corrected chi connectivity index (χ0v) is 22.0. The number of nitrogens with one attached hydrogen (secondary N) is 1. The number of hydrogen-bond acceptors (Lipinski definition) is 6. The van der Waals surface area contributed by atoms with Crippen molar-refractivity contribution in [3.63, 3.8) is 0 Å². The molecular formula is C30H35N7O. The molecule has 2 saturated heterocycles. The number of piperidine rings is 1. The summed E-state index contributed by atoms with van der Waals surface area (Å²) in [7, 11) is 0. The van der Waals surface area contributed by atoms with Crippen LogP contribution in [-0.2, 0) is 6.42 Å². The number of rotatable bonds is 6. The highest BCUT2D eigenvalue weighted by molar-refractivity contribution is 5.98. The molecule has 2 fully saturated rings. The monoisotopic (exact) mass is 509 g/mol. The van der Waals surface area contributed by atoms with Crippen molar-refractivity contribution in [2.75, 3.05) is 45.8 Å². The number of aromatic nitrogens is 4. The molecule has 38 heavy (non-hydrogen) atoms. The van der Waals surface area contributed by atoms with Gasteiger partial charge in [-0.2, -0.15) is 0 Å². The number of piperazine rings is 1. The van der Waals surface area contributed by atoms with Gasteiger partial charge in [-0.25, -0.2) is 9.97 Å². The maximum absolute atomic E-state index is 13.3. The fraction of sp³-hybridized carbons (Fsp3) is 0.400. The number of carbonyl (C=O) groups excluding carboxylic acids is 1. The van der Waals surface area contributed by atoms with Gasteiger partial charge in [0.15, 0.2) is 0 Å². The summed E-state index contributed by atoms with van der Waals surface area (Å²) in [4.78, 5) is 37.4. The van der Waals surface area contributed by atoms with Crippen LogP contribution in [0.2, 0.25) is 0 Å². The van der Waals surface area contributed by atoms with Gasteiger partial charge in [0, 0.05) is 61.9 Å². The number of hydrogen-bond donors (Lipinski definition) is 1. The van der Waals surface area contributed by atoms with Gasteiger partial charge < -0.3 is 14.8 Å². The van der Waals surface area contributed by atoms with E-state index in [0.717, 1.165) is 66.4 Å². The first-order valence-corrected chi connectivity index (χ1v) is 13.8. The Balaban J connectivity index is 1.10. The largest absolute Gasteiger partial charge is 0.351 e. The predicted octanol–water partition coefficient (Wildman–Crippen LogP) is 3.85. The van der Waals surface area contributed by atoms with Gasteiger partial charge in [0.05, 0.1) is 11.4 Å². The van der Waals surface area contributed by atoms with Crippen molar-refractivity contribution in [2.45, 2.75) is 32.2 Å². The first-order valence-electron chi connectivity index (χ1n) is 13.8. The molecule has 0 aliphatic carbocycles. The Labute approximate surface area is 223 Å². The lowest BCUT2D eigenvalue weighted by molar-refractivity contribution is 0.0454. The maximum Gasteiger partial charge on any atom is 0.270 e. The van der Waals surface area contributed by atoms with Crippen molar-refractivity contribution in [3.05, 3.63) is 78.0 Å². The third-order valence-corrected chi connectivity index (χ3v) is 8.03. The van der Waals surface area contributed by atoms with Crippen LogP contribution < -0.4 is 0 Å². The zero-order chi connectivity index (χ0) is 25.9. The van der Waals surface area contributed by atoms with Gasteiger partial charge in [-0.3, -0.25) is 14.7 Å². The number of benzene rings is 1. The molecule has 8 nitrogen and oxygen atoms in total. The van der Waals surface area contributed by atoms with Crippen molar-refractivity contribution in [3.8, 4) is 11.4 Å². The highest BCUT2D eigenvalue weighted by atomic mass is 16.2. The van der Waals surface area contributed by atoms with E-state index in [4.69, 9.17) is 4.98 Å². The van der Waals surface area contributed by atoms with E-state index in [9.17, 15) is 4.79 Å². The van der Waals surface area contributed by atoms with Crippen LogP contribution in [0.3, 0.4) is 0 Å². The molecule has 0 radical (unpaired) electrons. The van der Waals surface area contributed by atoms with Crippen LogP contribution >= 0.6 is 0 Å². The number of aromatic amines is 1. The molecule has 0 spiro atoms. The van der Waals surface area contributed by atoms with Crippen LogP contribution in [0.15, 0.2) is 60.9 Å². The average molecular weight is 510 g/mol. The van der Waals surface area contributed by atoms with Crippen LogP contribution in [0.1, 0.15) is 41.6 Å². The highest BCUT2D eigenvalue weighted by Crippen LogP contribution is 2.22. The van der Waals surface area contributed by atoms with E-state index in [2.05, 4.69) is 43.8 Å². The Bertz CT molecular complexity index is 1390. The summed E-state index contributed by atoms with van der Waals surface area (Å²) in [5.41, 5.74) is 4.40.